The van der Waals surface area contributed by atoms with Crippen LogP contribution in [0.5, 0.6) is 0 Å². The molecule has 0 spiro atoms. The van der Waals surface area contributed by atoms with Crippen molar-refractivity contribution < 1.29 is 23.1 Å². The topological polar surface area (TPSA) is 68.5 Å². The van der Waals surface area contributed by atoms with Gasteiger partial charge in [0.15, 0.2) is 5.76 Å². The first-order chi connectivity index (χ1) is 13.0. The number of furan rings is 1. The lowest BCUT2D eigenvalue weighted by Crippen LogP contribution is -2.12. The van der Waals surface area contributed by atoms with E-state index < -0.39 is 17.7 Å². The summed E-state index contributed by atoms with van der Waals surface area (Å²) < 4.78 is 23.7. The number of benzene rings is 2. The number of rotatable bonds is 5. The monoisotopic (exact) mass is 387 g/mol. The smallest absolute Gasteiger partial charge is 0.338 e. The average molecular weight is 388 g/mol. The van der Waals surface area contributed by atoms with Gasteiger partial charge in [0.1, 0.15) is 11.6 Å². The van der Waals surface area contributed by atoms with Crippen molar-refractivity contribution in [3.63, 3.8) is 0 Å². The van der Waals surface area contributed by atoms with E-state index in [1.807, 2.05) is 0 Å². The summed E-state index contributed by atoms with van der Waals surface area (Å²) in [5.74, 6) is -1.06. The lowest BCUT2D eigenvalue weighted by atomic mass is 10.2. The molecule has 3 rings (SSSR count). The Morgan fingerprint density at radius 2 is 1.96 bits per heavy atom. The maximum Gasteiger partial charge on any atom is 0.338 e. The molecule has 0 unspecified atom stereocenters. The van der Waals surface area contributed by atoms with Crippen LogP contribution < -0.4 is 5.32 Å². The molecule has 5 nitrogen and oxygen atoms in total. The largest absolute Gasteiger partial charge is 0.462 e. The fourth-order valence-corrected chi connectivity index (χ4v) is 2.58. The van der Waals surface area contributed by atoms with Gasteiger partial charge in [-0.15, -0.1) is 0 Å². The van der Waals surface area contributed by atoms with Crippen LogP contribution in [0.25, 0.3) is 11.3 Å². The molecule has 27 heavy (non-hydrogen) atoms. The molecule has 0 aliphatic heterocycles. The summed E-state index contributed by atoms with van der Waals surface area (Å²) in [5.41, 5.74) is 1.30. The molecular weight excluding hydrogens is 373 g/mol. The molecule has 7 heteroatoms. The van der Waals surface area contributed by atoms with Crippen LogP contribution in [-0.4, -0.2) is 18.5 Å². The van der Waals surface area contributed by atoms with Crippen molar-refractivity contribution in [3.05, 3.63) is 76.8 Å². The van der Waals surface area contributed by atoms with Gasteiger partial charge in [-0.3, -0.25) is 4.79 Å². The first-order valence-electron chi connectivity index (χ1n) is 8.11. The van der Waals surface area contributed by atoms with Gasteiger partial charge in [-0.2, -0.15) is 0 Å². The maximum absolute atomic E-state index is 13.3. The third kappa shape index (κ3) is 4.35. The van der Waals surface area contributed by atoms with Crippen LogP contribution >= 0.6 is 11.6 Å². The van der Waals surface area contributed by atoms with Gasteiger partial charge in [0.05, 0.1) is 17.2 Å². The number of nitrogens with one attached hydrogen (secondary N) is 1. The normalized spacial score (nSPS) is 10.5. The average Bonchev–Trinajstić information content (AvgIpc) is 3.15. The molecule has 0 saturated heterocycles. The number of carbonyl (C=O) groups excluding carboxylic acids is 2. The highest BCUT2D eigenvalue weighted by Gasteiger charge is 2.14. The van der Waals surface area contributed by atoms with Crippen molar-refractivity contribution >= 4 is 29.2 Å². The van der Waals surface area contributed by atoms with Crippen LogP contribution in [-0.2, 0) is 4.74 Å². The molecule has 1 heterocycles. The van der Waals surface area contributed by atoms with E-state index in [2.05, 4.69) is 5.32 Å². The van der Waals surface area contributed by atoms with E-state index in [0.717, 1.165) is 0 Å². The second-order valence-electron chi connectivity index (χ2n) is 5.55. The number of hydrogen-bond donors (Lipinski definition) is 1. The fraction of sp³-hybridized carbons (Fsp3) is 0.100. The zero-order valence-electron chi connectivity index (χ0n) is 14.3. The minimum atomic E-state index is -0.536. The van der Waals surface area contributed by atoms with Gasteiger partial charge in [0.25, 0.3) is 5.91 Å². The molecule has 0 bridgehead atoms. The van der Waals surface area contributed by atoms with Crippen molar-refractivity contribution in [1.29, 1.82) is 0 Å². The summed E-state index contributed by atoms with van der Waals surface area (Å²) >= 11 is 5.77. The molecule has 1 amide bonds. The van der Waals surface area contributed by atoms with E-state index >= 15 is 0 Å². The van der Waals surface area contributed by atoms with E-state index in [9.17, 15) is 14.0 Å². The summed E-state index contributed by atoms with van der Waals surface area (Å²) in [4.78, 5) is 24.2. The van der Waals surface area contributed by atoms with Gasteiger partial charge in [-0.1, -0.05) is 17.7 Å². The van der Waals surface area contributed by atoms with Gasteiger partial charge in [-0.25, -0.2) is 9.18 Å². The minimum Gasteiger partial charge on any atom is -0.462 e. The summed E-state index contributed by atoms with van der Waals surface area (Å²) in [5, 5.41) is 2.62. The molecule has 0 aliphatic carbocycles. The Morgan fingerprint density at radius 1 is 1.15 bits per heavy atom. The number of anilines is 1. The van der Waals surface area contributed by atoms with Gasteiger partial charge in [-0.05, 0) is 55.5 Å². The summed E-state index contributed by atoms with van der Waals surface area (Å²) in [6.45, 7) is 1.98. The Morgan fingerprint density at radius 3 is 2.70 bits per heavy atom. The molecule has 0 saturated carbocycles. The Kier molecular flexibility index (Phi) is 5.57. The summed E-state index contributed by atoms with van der Waals surface area (Å²) in [6.07, 6.45) is 0. The first kappa shape index (κ1) is 18.7. The fourth-order valence-electron chi connectivity index (χ4n) is 2.40. The number of amides is 1. The second kappa shape index (κ2) is 8.05. The van der Waals surface area contributed by atoms with Crippen LogP contribution in [0.1, 0.15) is 27.8 Å². The van der Waals surface area contributed by atoms with Gasteiger partial charge in [0.2, 0.25) is 0 Å². The SMILES string of the molecule is CCOC(=O)c1cccc(NC(=O)c2ccc(-c3ccc(F)c(Cl)c3)o2)c1. The second-order valence-corrected chi connectivity index (χ2v) is 5.96. The Balaban J connectivity index is 1.76. The van der Waals surface area contributed by atoms with Crippen molar-refractivity contribution in [2.45, 2.75) is 6.92 Å². The van der Waals surface area contributed by atoms with Gasteiger partial charge >= 0.3 is 5.97 Å². The van der Waals surface area contributed by atoms with E-state index in [1.165, 1.54) is 30.3 Å². The van der Waals surface area contributed by atoms with Crippen LogP contribution in [0, 0.1) is 5.82 Å². The molecule has 1 N–H and O–H groups in total. The molecular formula is C20H15ClFNO4. The minimum absolute atomic E-state index is 0.0364. The van der Waals surface area contributed by atoms with E-state index in [4.69, 9.17) is 20.8 Å². The van der Waals surface area contributed by atoms with Crippen molar-refractivity contribution in [1.82, 2.24) is 0 Å². The highest BCUT2D eigenvalue weighted by atomic mass is 35.5. The maximum atomic E-state index is 13.3. The van der Waals surface area contributed by atoms with Crippen LogP contribution in [0.15, 0.2) is 59.0 Å². The molecule has 0 atom stereocenters. The van der Waals surface area contributed by atoms with E-state index in [0.29, 0.717) is 22.6 Å². The Labute approximate surface area is 159 Å². The molecule has 2 aromatic carbocycles. The number of halogens is 2. The van der Waals surface area contributed by atoms with Crippen LogP contribution in [0.3, 0.4) is 0 Å². The van der Waals surface area contributed by atoms with Crippen molar-refractivity contribution in [2.24, 2.45) is 0 Å². The number of ether oxygens (including phenoxy) is 1. The standard InChI is InChI=1S/C20H15ClFNO4/c1-2-26-20(25)13-4-3-5-14(10-13)23-19(24)18-9-8-17(27-18)12-6-7-16(22)15(21)11-12/h3-11H,2H2,1H3,(H,23,24). The van der Waals surface area contributed by atoms with Crippen molar-refractivity contribution in [2.75, 3.05) is 11.9 Å². The third-order valence-corrected chi connectivity index (χ3v) is 3.96. The molecule has 1 aromatic heterocycles. The van der Waals surface area contributed by atoms with Gasteiger partial charge in [0, 0.05) is 11.3 Å². The van der Waals surface area contributed by atoms with Crippen molar-refractivity contribution in [3.8, 4) is 11.3 Å². The highest BCUT2D eigenvalue weighted by molar-refractivity contribution is 6.31. The lowest BCUT2D eigenvalue weighted by molar-refractivity contribution is 0.0526. The number of esters is 1. The highest BCUT2D eigenvalue weighted by Crippen LogP contribution is 2.27. The van der Waals surface area contributed by atoms with Gasteiger partial charge < -0.3 is 14.5 Å². The number of carbonyl (C=O) groups is 2. The predicted molar refractivity (Wildman–Crippen MR) is 99.5 cm³/mol. The van der Waals surface area contributed by atoms with E-state index in [-0.39, 0.29) is 17.4 Å². The summed E-state index contributed by atoms with van der Waals surface area (Å²) in [6, 6.07) is 13.6. The zero-order valence-corrected chi connectivity index (χ0v) is 15.0. The van der Waals surface area contributed by atoms with Crippen LogP contribution in [0.4, 0.5) is 10.1 Å². The van der Waals surface area contributed by atoms with E-state index in [1.54, 1.807) is 31.2 Å². The third-order valence-electron chi connectivity index (χ3n) is 3.67. The zero-order chi connectivity index (χ0) is 19.4. The number of hydrogen-bond acceptors (Lipinski definition) is 4. The lowest BCUT2D eigenvalue weighted by Gasteiger charge is -2.06. The molecule has 138 valence electrons. The predicted octanol–water partition coefficient (Wildman–Crippen LogP) is 5.17. The molecule has 0 aliphatic rings. The molecule has 0 fully saturated rings. The Hall–Kier alpha value is -3.12. The molecule has 3 aromatic rings. The Bertz CT molecular complexity index is 999. The first-order valence-corrected chi connectivity index (χ1v) is 8.49. The molecule has 0 radical (unpaired) electrons. The van der Waals surface area contributed by atoms with Crippen LogP contribution in [0.2, 0.25) is 5.02 Å². The quantitative estimate of drug-likeness (QED) is 0.613. The summed E-state index contributed by atoms with van der Waals surface area (Å²) in [7, 11) is 0.